The van der Waals surface area contributed by atoms with Crippen LogP contribution in [0.4, 0.5) is 0 Å². The number of carbonyl (C=O) groups excluding carboxylic acids is 1. The fraction of sp³-hybridized carbons (Fsp3) is 0.250. The number of rotatable bonds is 7. The molecule has 0 aliphatic rings. The number of carbonyl (C=O) groups is 1. The van der Waals surface area contributed by atoms with Gasteiger partial charge in [0.2, 0.25) is 10.0 Å². The van der Waals surface area contributed by atoms with Gasteiger partial charge in [0.05, 0.1) is 17.1 Å². The lowest BCUT2D eigenvalue weighted by molar-refractivity contribution is 0.0945. The number of benzene rings is 2. The molecule has 3 rings (SSSR count). The summed E-state index contributed by atoms with van der Waals surface area (Å²) in [7, 11) is -1.93. The van der Waals surface area contributed by atoms with E-state index < -0.39 is 10.0 Å². The van der Waals surface area contributed by atoms with Gasteiger partial charge in [-0.1, -0.05) is 41.6 Å². The molecule has 0 saturated heterocycles. The van der Waals surface area contributed by atoms with Crippen LogP contribution < -0.4 is 10.0 Å². The lowest BCUT2D eigenvalue weighted by Gasteiger charge is -2.07. The lowest BCUT2D eigenvalue weighted by atomic mass is 10.1. The average molecular weight is 414 g/mol. The molecule has 1 amide bonds. The van der Waals surface area contributed by atoms with Crippen LogP contribution in [0.5, 0.6) is 0 Å². The Balaban J connectivity index is 1.66. The van der Waals surface area contributed by atoms with Crippen LogP contribution in [0.2, 0.25) is 0 Å². The Morgan fingerprint density at radius 3 is 2.41 bits per heavy atom. The second-order valence-corrected chi connectivity index (χ2v) is 8.66. The highest BCUT2D eigenvalue weighted by Gasteiger charge is 2.17. The summed E-state index contributed by atoms with van der Waals surface area (Å²) in [5.74, 6) is -0.402. The standard InChI is InChI=1S/C20H23N5O3S/c1-14-5-4-6-18(11-14)25-15(2)19(23-24-25)20(26)22-12-16-7-9-17(10-8-16)13-29(27,28)21-3/h4-11,21H,12-13H2,1-3H3,(H,22,26). The van der Waals surface area contributed by atoms with Crippen LogP contribution in [-0.2, 0) is 22.3 Å². The van der Waals surface area contributed by atoms with E-state index in [1.54, 1.807) is 35.9 Å². The molecule has 0 bridgehead atoms. The van der Waals surface area contributed by atoms with Crippen molar-refractivity contribution in [2.45, 2.75) is 26.1 Å². The minimum Gasteiger partial charge on any atom is -0.347 e. The predicted molar refractivity (Wildman–Crippen MR) is 110 cm³/mol. The van der Waals surface area contributed by atoms with Crippen molar-refractivity contribution in [1.29, 1.82) is 0 Å². The van der Waals surface area contributed by atoms with Gasteiger partial charge in [0.15, 0.2) is 5.69 Å². The molecule has 0 spiro atoms. The summed E-state index contributed by atoms with van der Waals surface area (Å²) >= 11 is 0. The fourth-order valence-electron chi connectivity index (χ4n) is 2.85. The van der Waals surface area contributed by atoms with Crippen molar-refractivity contribution >= 4 is 15.9 Å². The molecule has 0 aliphatic carbocycles. The first kappa shape index (κ1) is 20.7. The molecule has 9 heteroatoms. The van der Waals surface area contributed by atoms with Crippen LogP contribution in [0.3, 0.4) is 0 Å². The average Bonchev–Trinajstić information content (AvgIpc) is 3.08. The van der Waals surface area contributed by atoms with E-state index in [1.807, 2.05) is 31.2 Å². The third-order valence-electron chi connectivity index (χ3n) is 4.50. The molecule has 0 unspecified atom stereocenters. The second-order valence-electron chi connectivity index (χ2n) is 6.74. The highest BCUT2D eigenvalue weighted by Crippen LogP contribution is 2.14. The van der Waals surface area contributed by atoms with E-state index in [0.29, 0.717) is 17.8 Å². The molecule has 1 aromatic heterocycles. The summed E-state index contributed by atoms with van der Waals surface area (Å²) < 4.78 is 27.1. The normalized spacial score (nSPS) is 11.4. The van der Waals surface area contributed by atoms with Crippen LogP contribution in [-0.4, -0.2) is 36.4 Å². The van der Waals surface area contributed by atoms with E-state index in [1.165, 1.54) is 7.05 Å². The monoisotopic (exact) mass is 413 g/mol. The van der Waals surface area contributed by atoms with Crippen LogP contribution in [0.15, 0.2) is 48.5 Å². The zero-order valence-electron chi connectivity index (χ0n) is 16.5. The van der Waals surface area contributed by atoms with Crippen molar-refractivity contribution in [1.82, 2.24) is 25.0 Å². The summed E-state index contributed by atoms with van der Waals surface area (Å²) in [6.07, 6.45) is 0. The molecule has 0 fully saturated rings. The largest absolute Gasteiger partial charge is 0.347 e. The Morgan fingerprint density at radius 1 is 1.07 bits per heavy atom. The van der Waals surface area contributed by atoms with Crippen LogP contribution in [0, 0.1) is 13.8 Å². The molecule has 0 radical (unpaired) electrons. The third-order valence-corrected chi connectivity index (χ3v) is 5.83. The van der Waals surface area contributed by atoms with Gasteiger partial charge in [-0.05, 0) is 49.7 Å². The number of hydrogen-bond acceptors (Lipinski definition) is 5. The molecular weight excluding hydrogens is 390 g/mol. The van der Waals surface area contributed by atoms with Crippen molar-refractivity contribution in [3.05, 3.63) is 76.6 Å². The van der Waals surface area contributed by atoms with Gasteiger partial charge in [-0.2, -0.15) is 0 Å². The van der Waals surface area contributed by atoms with E-state index in [2.05, 4.69) is 20.4 Å². The molecular formula is C20H23N5O3S. The molecule has 0 aliphatic heterocycles. The highest BCUT2D eigenvalue weighted by molar-refractivity contribution is 7.88. The smallest absolute Gasteiger partial charge is 0.274 e. The van der Waals surface area contributed by atoms with E-state index in [0.717, 1.165) is 16.8 Å². The Hall–Kier alpha value is -3.04. The molecule has 2 aromatic carbocycles. The maximum atomic E-state index is 12.5. The number of aryl methyl sites for hydroxylation is 1. The topological polar surface area (TPSA) is 106 Å². The quantitative estimate of drug-likeness (QED) is 0.615. The van der Waals surface area contributed by atoms with Gasteiger partial charge in [0.1, 0.15) is 0 Å². The minimum absolute atomic E-state index is 0.0859. The molecule has 8 nitrogen and oxygen atoms in total. The van der Waals surface area contributed by atoms with Gasteiger partial charge in [0, 0.05) is 6.54 Å². The molecule has 152 valence electrons. The maximum absolute atomic E-state index is 12.5. The molecule has 3 aromatic rings. The first-order chi connectivity index (χ1) is 13.8. The Bertz CT molecular complexity index is 1120. The third kappa shape index (κ3) is 5.07. The van der Waals surface area contributed by atoms with Gasteiger partial charge in [0.25, 0.3) is 5.91 Å². The second kappa shape index (κ2) is 8.54. The molecule has 0 saturated carbocycles. The van der Waals surface area contributed by atoms with Crippen LogP contribution in [0.1, 0.15) is 32.9 Å². The number of nitrogens with zero attached hydrogens (tertiary/aromatic N) is 3. The molecule has 2 N–H and O–H groups in total. The zero-order valence-corrected chi connectivity index (χ0v) is 17.3. The summed E-state index contributed by atoms with van der Waals surface area (Å²) in [6.45, 7) is 4.09. The highest BCUT2D eigenvalue weighted by atomic mass is 32.2. The van der Waals surface area contributed by atoms with Gasteiger partial charge < -0.3 is 5.32 Å². The van der Waals surface area contributed by atoms with Crippen LogP contribution in [0.25, 0.3) is 5.69 Å². The Morgan fingerprint density at radius 2 is 1.76 bits per heavy atom. The van der Waals surface area contributed by atoms with Crippen LogP contribution >= 0.6 is 0 Å². The number of aromatic nitrogens is 3. The first-order valence-corrected chi connectivity index (χ1v) is 10.7. The van der Waals surface area contributed by atoms with E-state index in [9.17, 15) is 13.2 Å². The summed E-state index contributed by atoms with van der Waals surface area (Å²) in [4.78, 5) is 12.5. The van der Waals surface area contributed by atoms with Gasteiger partial charge in [-0.15, -0.1) is 5.10 Å². The fourth-order valence-corrected chi connectivity index (χ4v) is 3.63. The number of hydrogen-bond donors (Lipinski definition) is 2. The van der Waals surface area contributed by atoms with Crippen molar-refractivity contribution in [3.8, 4) is 5.69 Å². The van der Waals surface area contributed by atoms with E-state index in [-0.39, 0.29) is 17.4 Å². The van der Waals surface area contributed by atoms with Crippen molar-refractivity contribution in [2.24, 2.45) is 0 Å². The van der Waals surface area contributed by atoms with E-state index >= 15 is 0 Å². The number of nitrogens with one attached hydrogen (secondary N) is 2. The van der Waals surface area contributed by atoms with E-state index in [4.69, 9.17) is 0 Å². The Kier molecular flexibility index (Phi) is 6.09. The van der Waals surface area contributed by atoms with Crippen molar-refractivity contribution < 1.29 is 13.2 Å². The zero-order chi connectivity index (χ0) is 21.0. The molecule has 29 heavy (non-hydrogen) atoms. The summed E-state index contributed by atoms with van der Waals surface area (Å²) in [5, 5.41) is 11.0. The summed E-state index contributed by atoms with van der Waals surface area (Å²) in [5.41, 5.74) is 4.39. The molecule has 1 heterocycles. The summed E-state index contributed by atoms with van der Waals surface area (Å²) in [6, 6.07) is 14.8. The molecule has 0 atom stereocenters. The first-order valence-electron chi connectivity index (χ1n) is 9.05. The Labute approximate surface area is 170 Å². The van der Waals surface area contributed by atoms with Gasteiger partial charge >= 0.3 is 0 Å². The predicted octanol–water partition coefficient (Wildman–Crippen LogP) is 1.86. The van der Waals surface area contributed by atoms with Gasteiger partial charge in [-0.3, -0.25) is 4.79 Å². The number of sulfonamides is 1. The lowest BCUT2D eigenvalue weighted by Crippen LogP contribution is -2.24. The van der Waals surface area contributed by atoms with Crippen molar-refractivity contribution in [3.63, 3.8) is 0 Å². The van der Waals surface area contributed by atoms with Gasteiger partial charge in [-0.25, -0.2) is 17.8 Å². The minimum atomic E-state index is -3.31. The SMILES string of the molecule is CNS(=O)(=O)Cc1ccc(CNC(=O)c2nnn(-c3cccc(C)c3)c2C)cc1. The number of amides is 1. The maximum Gasteiger partial charge on any atom is 0.274 e. The van der Waals surface area contributed by atoms with Crippen molar-refractivity contribution in [2.75, 3.05) is 7.05 Å².